The summed E-state index contributed by atoms with van der Waals surface area (Å²) in [4.78, 5) is 11.7. The summed E-state index contributed by atoms with van der Waals surface area (Å²) in [7, 11) is 0. The maximum Gasteiger partial charge on any atom is 0.339 e. The van der Waals surface area contributed by atoms with Crippen LogP contribution in [-0.4, -0.2) is 18.9 Å². The Labute approximate surface area is 153 Å². The van der Waals surface area contributed by atoms with Crippen molar-refractivity contribution in [2.45, 2.75) is 26.2 Å². The Balaban J connectivity index is 1.76. The molecule has 132 valence electrons. The molecule has 0 aromatic heterocycles. The van der Waals surface area contributed by atoms with Crippen molar-refractivity contribution in [2.75, 3.05) is 11.9 Å². The van der Waals surface area contributed by atoms with E-state index in [0.29, 0.717) is 10.7 Å². The van der Waals surface area contributed by atoms with E-state index in [1.807, 2.05) is 24.3 Å². The number of urea groups is 1. The van der Waals surface area contributed by atoms with Gasteiger partial charge in [0, 0.05) is 10.7 Å². The van der Waals surface area contributed by atoms with Crippen molar-refractivity contribution in [1.82, 2.24) is 5.43 Å². The molecule has 2 aromatic carbocycles. The Morgan fingerprint density at radius 2 is 2.00 bits per heavy atom. The molecule has 6 heteroatoms. The fraction of sp³-hybridized carbons (Fsp3) is 0.263. The van der Waals surface area contributed by atoms with Gasteiger partial charge in [0.05, 0.1) is 12.8 Å². The van der Waals surface area contributed by atoms with Gasteiger partial charge in [0.15, 0.2) is 0 Å². The van der Waals surface area contributed by atoms with Gasteiger partial charge in [-0.3, -0.25) is 0 Å². The highest BCUT2D eigenvalue weighted by atomic mass is 35.5. The lowest BCUT2D eigenvalue weighted by Gasteiger charge is -2.06. The quantitative estimate of drug-likeness (QED) is 0.393. The number of benzene rings is 2. The number of carbonyl (C=O) groups is 1. The number of hydrogen-bond donors (Lipinski definition) is 2. The Morgan fingerprint density at radius 1 is 1.20 bits per heavy atom. The summed E-state index contributed by atoms with van der Waals surface area (Å²) < 4.78 is 5.65. The molecule has 2 N–H and O–H groups in total. The molecule has 0 heterocycles. The number of nitrogens with one attached hydrogen (secondary N) is 2. The van der Waals surface area contributed by atoms with Crippen LogP contribution in [-0.2, 0) is 0 Å². The molecule has 0 aliphatic heterocycles. The van der Waals surface area contributed by atoms with Gasteiger partial charge in [0.1, 0.15) is 5.75 Å². The van der Waals surface area contributed by atoms with Crippen LogP contribution >= 0.6 is 11.6 Å². The van der Waals surface area contributed by atoms with Crippen LogP contribution in [0.5, 0.6) is 5.75 Å². The minimum absolute atomic E-state index is 0.436. The SMILES string of the molecule is CCCCCOc1ccc(/C=N\NC(=O)Nc2cccc(Cl)c2)cc1. The third kappa shape index (κ3) is 7.27. The summed E-state index contributed by atoms with van der Waals surface area (Å²) in [6, 6.07) is 14.0. The van der Waals surface area contributed by atoms with Crippen LogP contribution in [0.4, 0.5) is 10.5 Å². The summed E-state index contributed by atoms with van der Waals surface area (Å²) in [6.07, 6.45) is 4.98. The lowest BCUT2D eigenvalue weighted by atomic mass is 10.2. The number of unbranched alkanes of at least 4 members (excludes halogenated alkanes) is 2. The molecule has 2 rings (SSSR count). The van der Waals surface area contributed by atoms with Crippen LogP contribution in [0.15, 0.2) is 53.6 Å². The lowest BCUT2D eigenvalue weighted by molar-refractivity contribution is 0.252. The largest absolute Gasteiger partial charge is 0.494 e. The second-order valence-corrected chi connectivity index (χ2v) is 5.90. The van der Waals surface area contributed by atoms with Crippen molar-refractivity contribution < 1.29 is 9.53 Å². The summed E-state index contributed by atoms with van der Waals surface area (Å²) in [5, 5.41) is 7.11. The van der Waals surface area contributed by atoms with Gasteiger partial charge in [-0.2, -0.15) is 5.10 Å². The first-order valence-electron chi connectivity index (χ1n) is 8.26. The highest BCUT2D eigenvalue weighted by Crippen LogP contribution is 2.14. The predicted octanol–water partition coefficient (Wildman–Crippen LogP) is 5.06. The summed E-state index contributed by atoms with van der Waals surface area (Å²) in [5.74, 6) is 0.833. The summed E-state index contributed by atoms with van der Waals surface area (Å²) in [6.45, 7) is 2.89. The van der Waals surface area contributed by atoms with E-state index in [4.69, 9.17) is 16.3 Å². The van der Waals surface area contributed by atoms with E-state index in [9.17, 15) is 4.79 Å². The van der Waals surface area contributed by atoms with Crippen LogP contribution < -0.4 is 15.5 Å². The average Bonchev–Trinajstić information content (AvgIpc) is 2.60. The third-order valence-electron chi connectivity index (χ3n) is 3.36. The first-order valence-corrected chi connectivity index (χ1v) is 8.63. The van der Waals surface area contributed by atoms with E-state index >= 15 is 0 Å². The number of amides is 2. The van der Waals surface area contributed by atoms with E-state index < -0.39 is 6.03 Å². The van der Waals surface area contributed by atoms with Crippen molar-refractivity contribution >= 4 is 29.5 Å². The molecule has 0 spiro atoms. The Kier molecular flexibility index (Phi) is 7.79. The number of carbonyl (C=O) groups excluding carboxylic acids is 1. The smallest absolute Gasteiger partial charge is 0.339 e. The lowest BCUT2D eigenvalue weighted by Crippen LogP contribution is -2.24. The van der Waals surface area contributed by atoms with Crippen molar-refractivity contribution in [3.63, 3.8) is 0 Å². The molecule has 0 aliphatic rings. The molecule has 2 aromatic rings. The van der Waals surface area contributed by atoms with Gasteiger partial charge < -0.3 is 10.1 Å². The van der Waals surface area contributed by atoms with Gasteiger partial charge in [0.2, 0.25) is 0 Å². The van der Waals surface area contributed by atoms with Crippen molar-refractivity contribution in [3.8, 4) is 5.75 Å². The Bertz CT molecular complexity index is 702. The Morgan fingerprint density at radius 3 is 2.72 bits per heavy atom. The summed E-state index contributed by atoms with van der Waals surface area (Å²) >= 11 is 5.86. The number of halogens is 1. The number of rotatable bonds is 8. The van der Waals surface area contributed by atoms with E-state index in [1.165, 1.54) is 12.8 Å². The van der Waals surface area contributed by atoms with Crippen LogP contribution in [0.1, 0.15) is 31.7 Å². The average molecular weight is 360 g/mol. The predicted molar refractivity (Wildman–Crippen MR) is 103 cm³/mol. The van der Waals surface area contributed by atoms with Gasteiger partial charge >= 0.3 is 6.03 Å². The maximum absolute atomic E-state index is 11.7. The maximum atomic E-state index is 11.7. The highest BCUT2D eigenvalue weighted by molar-refractivity contribution is 6.30. The molecular weight excluding hydrogens is 338 g/mol. The number of hydrazone groups is 1. The normalized spacial score (nSPS) is 10.6. The van der Waals surface area contributed by atoms with Crippen molar-refractivity contribution in [3.05, 3.63) is 59.1 Å². The fourth-order valence-corrected chi connectivity index (χ4v) is 2.27. The zero-order valence-electron chi connectivity index (χ0n) is 14.2. The van der Waals surface area contributed by atoms with E-state index in [2.05, 4.69) is 22.8 Å². The first kappa shape index (κ1) is 18.8. The third-order valence-corrected chi connectivity index (χ3v) is 3.59. The van der Waals surface area contributed by atoms with E-state index in [-0.39, 0.29) is 0 Å². The topological polar surface area (TPSA) is 62.7 Å². The van der Waals surface area contributed by atoms with E-state index in [0.717, 1.165) is 24.3 Å². The molecule has 5 nitrogen and oxygen atoms in total. The number of ether oxygens (including phenoxy) is 1. The molecule has 0 atom stereocenters. The second-order valence-electron chi connectivity index (χ2n) is 5.46. The van der Waals surface area contributed by atoms with Crippen LogP contribution in [0.25, 0.3) is 0 Å². The molecular formula is C19H22ClN3O2. The van der Waals surface area contributed by atoms with Crippen LogP contribution in [0.3, 0.4) is 0 Å². The monoisotopic (exact) mass is 359 g/mol. The van der Waals surface area contributed by atoms with Crippen LogP contribution in [0.2, 0.25) is 5.02 Å². The van der Waals surface area contributed by atoms with E-state index in [1.54, 1.807) is 30.5 Å². The van der Waals surface area contributed by atoms with Gasteiger partial charge in [0.25, 0.3) is 0 Å². The van der Waals surface area contributed by atoms with Gasteiger partial charge in [-0.05, 0) is 54.4 Å². The number of hydrogen-bond acceptors (Lipinski definition) is 3. The molecule has 0 unspecified atom stereocenters. The molecule has 0 saturated heterocycles. The van der Waals surface area contributed by atoms with Gasteiger partial charge in [-0.25, -0.2) is 10.2 Å². The van der Waals surface area contributed by atoms with Gasteiger partial charge in [-0.15, -0.1) is 0 Å². The highest BCUT2D eigenvalue weighted by Gasteiger charge is 2.00. The second kappa shape index (κ2) is 10.4. The summed E-state index contributed by atoms with van der Waals surface area (Å²) in [5.41, 5.74) is 3.87. The minimum Gasteiger partial charge on any atom is -0.494 e. The standard InChI is InChI=1S/C19H22ClN3O2/c1-2-3-4-12-25-18-10-8-15(9-11-18)14-21-23-19(24)22-17-7-5-6-16(20)13-17/h5-11,13-14H,2-4,12H2,1H3,(H2,22,23,24)/b21-14-. The fourth-order valence-electron chi connectivity index (χ4n) is 2.08. The Hall–Kier alpha value is -2.53. The van der Waals surface area contributed by atoms with Crippen LogP contribution in [0, 0.1) is 0 Å². The zero-order valence-corrected chi connectivity index (χ0v) is 14.9. The molecule has 0 radical (unpaired) electrons. The number of anilines is 1. The minimum atomic E-state index is -0.436. The molecule has 0 fully saturated rings. The molecule has 2 amide bonds. The molecule has 0 aliphatic carbocycles. The number of nitrogens with zero attached hydrogens (tertiary/aromatic N) is 1. The molecule has 25 heavy (non-hydrogen) atoms. The molecule has 0 saturated carbocycles. The first-order chi connectivity index (χ1) is 12.2. The van der Waals surface area contributed by atoms with Gasteiger partial charge in [-0.1, -0.05) is 37.4 Å². The van der Waals surface area contributed by atoms with Crippen molar-refractivity contribution in [2.24, 2.45) is 5.10 Å². The van der Waals surface area contributed by atoms with Crippen molar-refractivity contribution in [1.29, 1.82) is 0 Å². The zero-order chi connectivity index (χ0) is 17.9. The molecule has 0 bridgehead atoms.